The van der Waals surface area contributed by atoms with Crippen molar-refractivity contribution in [2.75, 3.05) is 33.8 Å². The summed E-state index contributed by atoms with van der Waals surface area (Å²) in [6, 6.07) is 9.99. The van der Waals surface area contributed by atoms with Gasteiger partial charge in [0.1, 0.15) is 24.2 Å². The van der Waals surface area contributed by atoms with Crippen LogP contribution in [0.15, 0.2) is 30.3 Å². The molecule has 0 N–H and O–H groups in total. The number of halogens is 1. The fraction of sp³-hybridized carbons (Fsp3) is 0.542. The second kappa shape index (κ2) is 11.5. The average molecular weight is 461 g/mol. The van der Waals surface area contributed by atoms with Gasteiger partial charge in [0.15, 0.2) is 0 Å². The Balaban J connectivity index is 1.62. The van der Waals surface area contributed by atoms with E-state index in [0.717, 1.165) is 30.4 Å². The maximum atomic E-state index is 12.5. The first-order valence-electron chi connectivity index (χ1n) is 11.2. The highest BCUT2D eigenvalue weighted by Crippen LogP contribution is 2.37. The number of likely N-dealkylation sites (N-methyl/N-ethyl adjacent to an activating group) is 1. The molecule has 32 heavy (non-hydrogen) atoms. The minimum absolute atomic E-state index is 0.135. The van der Waals surface area contributed by atoms with Crippen molar-refractivity contribution in [2.24, 2.45) is 0 Å². The van der Waals surface area contributed by atoms with E-state index in [0.29, 0.717) is 36.6 Å². The van der Waals surface area contributed by atoms with Crippen molar-refractivity contribution >= 4 is 17.7 Å². The second-order valence-electron chi connectivity index (χ2n) is 8.42. The van der Waals surface area contributed by atoms with Gasteiger partial charge in [-0.15, -0.1) is 0 Å². The highest BCUT2D eigenvalue weighted by atomic mass is 35.5. The molecule has 0 spiro atoms. The van der Waals surface area contributed by atoms with Gasteiger partial charge in [-0.1, -0.05) is 48.9 Å². The molecule has 1 aliphatic heterocycles. The van der Waals surface area contributed by atoms with Crippen LogP contribution >= 0.6 is 11.6 Å². The third kappa shape index (κ3) is 6.33. The molecule has 1 saturated heterocycles. The van der Waals surface area contributed by atoms with Gasteiger partial charge in [-0.3, -0.25) is 0 Å². The summed E-state index contributed by atoms with van der Waals surface area (Å²) in [4.78, 5) is 25.3. The summed E-state index contributed by atoms with van der Waals surface area (Å²) < 4.78 is 11.6. The van der Waals surface area contributed by atoms with Crippen LogP contribution in [-0.2, 0) is 11.3 Å². The van der Waals surface area contributed by atoms with Gasteiger partial charge in [0.2, 0.25) is 5.88 Å². The van der Waals surface area contributed by atoms with Crippen LogP contribution in [-0.4, -0.2) is 65.7 Å². The van der Waals surface area contributed by atoms with E-state index in [2.05, 4.69) is 21.8 Å². The van der Waals surface area contributed by atoms with Gasteiger partial charge in [0.05, 0.1) is 5.56 Å². The number of nitrogens with zero attached hydrogens (tertiary/aromatic N) is 4. The predicted molar refractivity (Wildman–Crippen MR) is 125 cm³/mol. The number of ether oxygens (including phenoxy) is 2. The third-order valence-electron chi connectivity index (χ3n) is 5.96. The molecule has 2 heterocycles. The monoisotopic (exact) mass is 460 g/mol. The summed E-state index contributed by atoms with van der Waals surface area (Å²) in [6.45, 7) is 5.96. The minimum Gasteiger partial charge on any atom is -0.476 e. The summed E-state index contributed by atoms with van der Waals surface area (Å²) in [5.41, 5.74) is 1.83. The Bertz CT molecular complexity index is 886. The SMILES string of the molecule is CC[C@H](COc1nc(C)nc(Cl)c1C1CCN(C(=O)OCc2ccccc2)CC1)N(C)C. The fourth-order valence-electron chi connectivity index (χ4n) is 3.94. The zero-order valence-electron chi connectivity index (χ0n) is 19.4. The molecule has 1 aromatic heterocycles. The molecule has 174 valence electrons. The van der Waals surface area contributed by atoms with Gasteiger partial charge < -0.3 is 19.3 Å². The van der Waals surface area contributed by atoms with Crippen molar-refractivity contribution in [3.63, 3.8) is 0 Å². The number of hydrogen-bond acceptors (Lipinski definition) is 6. The molecular formula is C24H33ClN4O3. The van der Waals surface area contributed by atoms with Crippen LogP contribution in [0, 0.1) is 6.92 Å². The van der Waals surface area contributed by atoms with Crippen molar-refractivity contribution in [3.05, 3.63) is 52.4 Å². The largest absolute Gasteiger partial charge is 0.476 e. The molecule has 0 unspecified atom stereocenters. The third-order valence-corrected chi connectivity index (χ3v) is 6.24. The topological polar surface area (TPSA) is 67.8 Å². The fourth-order valence-corrected chi connectivity index (χ4v) is 4.30. The second-order valence-corrected chi connectivity index (χ2v) is 8.78. The molecule has 1 fully saturated rings. The molecule has 0 saturated carbocycles. The number of aryl methyl sites for hydroxylation is 1. The molecule has 8 heteroatoms. The summed E-state index contributed by atoms with van der Waals surface area (Å²) in [5, 5.41) is 0.440. The first-order chi connectivity index (χ1) is 15.4. The van der Waals surface area contributed by atoms with Crippen LogP contribution in [0.3, 0.4) is 0 Å². The number of hydrogen-bond donors (Lipinski definition) is 0. The highest BCUT2D eigenvalue weighted by Gasteiger charge is 2.30. The number of carbonyl (C=O) groups excluding carboxylic acids is 1. The number of piperidine rings is 1. The van der Waals surface area contributed by atoms with E-state index >= 15 is 0 Å². The van der Waals surface area contributed by atoms with Gasteiger partial charge >= 0.3 is 6.09 Å². The summed E-state index contributed by atoms with van der Waals surface area (Å²) in [7, 11) is 4.09. The van der Waals surface area contributed by atoms with Crippen LogP contribution in [0.2, 0.25) is 5.15 Å². The minimum atomic E-state index is -0.285. The Morgan fingerprint density at radius 3 is 2.53 bits per heavy atom. The van der Waals surface area contributed by atoms with Crippen LogP contribution in [0.25, 0.3) is 0 Å². The molecule has 1 aromatic carbocycles. The molecule has 1 atom stereocenters. The van der Waals surface area contributed by atoms with Crippen molar-refractivity contribution in [2.45, 2.75) is 51.7 Å². The summed E-state index contributed by atoms with van der Waals surface area (Å²) in [5.74, 6) is 1.29. The summed E-state index contributed by atoms with van der Waals surface area (Å²) >= 11 is 6.55. The zero-order valence-corrected chi connectivity index (χ0v) is 20.1. The van der Waals surface area contributed by atoms with Crippen molar-refractivity contribution in [1.82, 2.24) is 19.8 Å². The lowest BCUT2D eigenvalue weighted by atomic mass is 9.91. The molecule has 0 aliphatic carbocycles. The van der Waals surface area contributed by atoms with Gasteiger partial charge in [0.25, 0.3) is 0 Å². The first kappa shape index (κ1) is 24.3. The number of likely N-dealkylation sites (tertiary alicyclic amines) is 1. The smallest absolute Gasteiger partial charge is 0.410 e. The van der Waals surface area contributed by atoms with E-state index in [-0.39, 0.29) is 24.7 Å². The Morgan fingerprint density at radius 2 is 1.91 bits per heavy atom. The lowest BCUT2D eigenvalue weighted by Crippen LogP contribution is -2.38. The lowest BCUT2D eigenvalue weighted by molar-refractivity contribution is 0.0867. The molecule has 0 bridgehead atoms. The van der Waals surface area contributed by atoms with Crippen LogP contribution in [0.4, 0.5) is 4.79 Å². The van der Waals surface area contributed by atoms with Crippen LogP contribution < -0.4 is 4.74 Å². The van der Waals surface area contributed by atoms with E-state index in [1.54, 1.807) is 4.90 Å². The maximum Gasteiger partial charge on any atom is 0.410 e. The van der Waals surface area contributed by atoms with Gasteiger partial charge in [-0.05, 0) is 51.8 Å². The van der Waals surface area contributed by atoms with Crippen molar-refractivity contribution in [3.8, 4) is 5.88 Å². The number of rotatable bonds is 8. The molecule has 0 radical (unpaired) electrons. The van der Waals surface area contributed by atoms with Gasteiger partial charge in [-0.25, -0.2) is 9.78 Å². The quantitative estimate of drug-likeness (QED) is 0.533. The van der Waals surface area contributed by atoms with E-state index in [9.17, 15) is 4.79 Å². The zero-order chi connectivity index (χ0) is 23.1. The maximum absolute atomic E-state index is 12.5. The molecule has 3 rings (SSSR count). The number of carbonyl (C=O) groups is 1. The Hall–Kier alpha value is -2.38. The Morgan fingerprint density at radius 1 is 1.22 bits per heavy atom. The average Bonchev–Trinajstić information content (AvgIpc) is 2.78. The molecule has 1 aliphatic rings. The molecular weight excluding hydrogens is 428 g/mol. The van der Waals surface area contributed by atoms with E-state index in [1.165, 1.54) is 0 Å². The lowest BCUT2D eigenvalue weighted by Gasteiger charge is -2.32. The molecule has 1 amide bonds. The van der Waals surface area contributed by atoms with Crippen molar-refractivity contribution in [1.29, 1.82) is 0 Å². The van der Waals surface area contributed by atoms with Crippen molar-refractivity contribution < 1.29 is 14.3 Å². The number of benzene rings is 1. The van der Waals surface area contributed by atoms with Gasteiger partial charge in [-0.2, -0.15) is 4.98 Å². The number of amides is 1. The number of aromatic nitrogens is 2. The Labute approximate surface area is 195 Å². The predicted octanol–water partition coefficient (Wildman–Crippen LogP) is 4.67. The van der Waals surface area contributed by atoms with E-state index < -0.39 is 0 Å². The highest BCUT2D eigenvalue weighted by molar-refractivity contribution is 6.30. The summed E-state index contributed by atoms with van der Waals surface area (Å²) in [6.07, 6.45) is 2.21. The van der Waals surface area contributed by atoms with Crippen LogP contribution in [0.1, 0.15) is 49.1 Å². The van der Waals surface area contributed by atoms with Crippen LogP contribution in [0.5, 0.6) is 5.88 Å². The van der Waals surface area contributed by atoms with E-state index in [1.807, 2.05) is 51.4 Å². The molecule has 2 aromatic rings. The Kier molecular flexibility index (Phi) is 8.70. The first-order valence-corrected chi connectivity index (χ1v) is 11.6. The van der Waals surface area contributed by atoms with E-state index in [4.69, 9.17) is 21.1 Å². The molecule has 7 nitrogen and oxygen atoms in total. The standard InChI is InChI=1S/C24H33ClN4O3/c1-5-20(28(3)4)16-31-23-21(22(25)26-17(2)27-23)19-11-13-29(14-12-19)24(30)32-15-18-9-7-6-8-10-18/h6-10,19-20H,5,11-16H2,1-4H3/t20-/m1/s1. The normalized spacial score (nSPS) is 15.6. The van der Waals surface area contributed by atoms with Gasteiger partial charge in [0, 0.05) is 19.1 Å².